The lowest BCUT2D eigenvalue weighted by Crippen LogP contribution is -2.45. The van der Waals surface area contributed by atoms with Gasteiger partial charge in [0, 0.05) is 6.42 Å². The molecule has 3 unspecified atom stereocenters. The van der Waals surface area contributed by atoms with Crippen molar-refractivity contribution in [2.24, 2.45) is 0 Å². The zero-order valence-electron chi connectivity index (χ0n) is 37.5. The lowest BCUT2D eigenvalue weighted by atomic mass is 10.0. The van der Waals surface area contributed by atoms with Crippen LogP contribution in [0.15, 0.2) is 60.8 Å². The summed E-state index contributed by atoms with van der Waals surface area (Å²) < 4.78 is 23.1. The zero-order chi connectivity index (χ0) is 42.1. The van der Waals surface area contributed by atoms with Crippen molar-refractivity contribution < 1.29 is 32.9 Å². The van der Waals surface area contributed by atoms with Crippen LogP contribution in [0.1, 0.15) is 187 Å². The number of phosphoric ester groups is 1. The first-order chi connectivity index (χ1) is 27.5. The molecular formula is C48H89N2O6P. The first kappa shape index (κ1) is 55.2. The van der Waals surface area contributed by atoms with Crippen molar-refractivity contribution in [2.75, 3.05) is 40.9 Å². The van der Waals surface area contributed by atoms with E-state index < -0.39 is 26.6 Å². The van der Waals surface area contributed by atoms with Gasteiger partial charge in [0.15, 0.2) is 0 Å². The summed E-state index contributed by atoms with van der Waals surface area (Å²) in [5.41, 5.74) is 0. The van der Waals surface area contributed by atoms with Crippen LogP contribution in [-0.2, 0) is 18.4 Å². The van der Waals surface area contributed by atoms with Crippen LogP contribution in [0.3, 0.4) is 0 Å². The Morgan fingerprint density at radius 1 is 0.614 bits per heavy atom. The number of likely N-dealkylation sites (N-methyl/N-ethyl adjacent to an activating group) is 1. The Kier molecular flexibility index (Phi) is 38.4. The van der Waals surface area contributed by atoms with Gasteiger partial charge in [0.1, 0.15) is 13.2 Å². The third-order valence-corrected chi connectivity index (χ3v) is 10.9. The maximum absolute atomic E-state index is 12.8. The molecule has 0 fully saturated rings. The van der Waals surface area contributed by atoms with Gasteiger partial charge in [0.2, 0.25) is 5.91 Å². The van der Waals surface area contributed by atoms with Crippen molar-refractivity contribution in [3.63, 3.8) is 0 Å². The Morgan fingerprint density at radius 3 is 1.56 bits per heavy atom. The second-order valence-electron chi connectivity index (χ2n) is 16.7. The molecule has 0 saturated heterocycles. The predicted molar refractivity (Wildman–Crippen MR) is 242 cm³/mol. The van der Waals surface area contributed by atoms with E-state index in [1.54, 1.807) is 6.08 Å². The lowest BCUT2D eigenvalue weighted by Gasteiger charge is -2.29. The molecule has 0 heterocycles. The summed E-state index contributed by atoms with van der Waals surface area (Å²) in [5, 5.41) is 13.7. The number of allylic oxidation sites excluding steroid dienone is 9. The highest BCUT2D eigenvalue weighted by Gasteiger charge is 2.23. The minimum Gasteiger partial charge on any atom is -0.756 e. The lowest BCUT2D eigenvalue weighted by molar-refractivity contribution is -0.870. The van der Waals surface area contributed by atoms with Gasteiger partial charge in [-0.05, 0) is 70.6 Å². The van der Waals surface area contributed by atoms with E-state index in [0.717, 1.165) is 51.4 Å². The topological polar surface area (TPSA) is 108 Å². The third-order valence-electron chi connectivity index (χ3n) is 9.95. The Labute approximate surface area is 351 Å². The fourth-order valence-electron chi connectivity index (χ4n) is 6.23. The smallest absolute Gasteiger partial charge is 0.268 e. The van der Waals surface area contributed by atoms with Crippen molar-refractivity contribution in [1.29, 1.82) is 0 Å². The van der Waals surface area contributed by atoms with Crippen LogP contribution in [0, 0.1) is 0 Å². The number of carbonyl (C=O) groups excluding carboxylic acids is 1. The van der Waals surface area contributed by atoms with Crippen molar-refractivity contribution in [2.45, 2.75) is 199 Å². The molecule has 1 amide bonds. The van der Waals surface area contributed by atoms with E-state index in [0.29, 0.717) is 17.4 Å². The quantitative estimate of drug-likeness (QED) is 0.0275. The first-order valence-corrected chi connectivity index (χ1v) is 24.6. The number of unbranched alkanes of at least 4 members (excludes halogenated alkanes) is 20. The van der Waals surface area contributed by atoms with Crippen LogP contribution in [0.2, 0.25) is 0 Å². The number of rotatable bonds is 41. The number of quaternary nitrogens is 1. The Morgan fingerprint density at radius 2 is 1.04 bits per heavy atom. The van der Waals surface area contributed by atoms with Crippen molar-refractivity contribution >= 4 is 13.7 Å². The van der Waals surface area contributed by atoms with Crippen LogP contribution < -0.4 is 10.2 Å². The maximum atomic E-state index is 12.8. The van der Waals surface area contributed by atoms with Crippen molar-refractivity contribution in [3.05, 3.63) is 60.8 Å². The van der Waals surface area contributed by atoms with E-state index >= 15 is 0 Å². The Hall–Kier alpha value is -1.80. The molecule has 332 valence electrons. The molecule has 2 N–H and O–H groups in total. The normalized spacial score (nSPS) is 14.9. The number of nitrogens with one attached hydrogen (secondary N) is 1. The molecule has 0 aliphatic rings. The van der Waals surface area contributed by atoms with Crippen LogP contribution in [0.25, 0.3) is 0 Å². The highest BCUT2D eigenvalue weighted by atomic mass is 31.2. The van der Waals surface area contributed by atoms with Crippen LogP contribution in [0.4, 0.5) is 0 Å². The molecule has 0 spiro atoms. The molecule has 0 aliphatic heterocycles. The van der Waals surface area contributed by atoms with Gasteiger partial charge >= 0.3 is 0 Å². The van der Waals surface area contributed by atoms with Crippen LogP contribution >= 0.6 is 7.82 Å². The zero-order valence-corrected chi connectivity index (χ0v) is 38.4. The largest absolute Gasteiger partial charge is 0.756 e. The van der Waals surface area contributed by atoms with Gasteiger partial charge in [-0.25, -0.2) is 0 Å². The standard InChI is InChI=1S/C48H89N2O6P/c1-6-8-10-12-14-16-18-19-20-21-22-23-24-25-26-27-28-29-30-31-32-34-36-38-40-42-48(52)49-46(45-56-57(53,54)55-44-43-50(3,4)5)47(51)41-39-37-35-33-17-15-13-11-9-7-2/h17-19,21-22,24-25,33,39,41,46-47,51H,6-16,20,23,26-32,34-38,40,42-45H2,1-5H3,(H-,49,52,53,54)/b19-18-,22-21-,25-24-,33-17+,41-39+. The van der Waals surface area contributed by atoms with Gasteiger partial charge in [0.05, 0.1) is 39.9 Å². The van der Waals surface area contributed by atoms with E-state index in [-0.39, 0.29) is 12.5 Å². The van der Waals surface area contributed by atoms with E-state index in [1.165, 1.54) is 116 Å². The van der Waals surface area contributed by atoms with Gasteiger partial charge in [-0.1, -0.05) is 171 Å². The summed E-state index contributed by atoms with van der Waals surface area (Å²) in [4.78, 5) is 25.3. The van der Waals surface area contributed by atoms with Gasteiger partial charge in [-0.2, -0.15) is 0 Å². The summed E-state index contributed by atoms with van der Waals surface area (Å²) in [7, 11) is 1.23. The summed E-state index contributed by atoms with van der Waals surface area (Å²) in [5.74, 6) is -0.216. The Bertz CT molecular complexity index is 1110. The number of phosphoric acid groups is 1. The summed E-state index contributed by atoms with van der Waals surface area (Å²) >= 11 is 0. The molecule has 8 nitrogen and oxygen atoms in total. The van der Waals surface area contributed by atoms with E-state index in [4.69, 9.17) is 9.05 Å². The highest BCUT2D eigenvalue weighted by Crippen LogP contribution is 2.38. The third kappa shape index (κ3) is 42.1. The van der Waals surface area contributed by atoms with E-state index in [1.807, 2.05) is 27.2 Å². The predicted octanol–water partition coefficient (Wildman–Crippen LogP) is 12.4. The molecule has 9 heteroatoms. The van der Waals surface area contributed by atoms with Gasteiger partial charge in [-0.15, -0.1) is 0 Å². The Balaban J connectivity index is 4.25. The van der Waals surface area contributed by atoms with Crippen molar-refractivity contribution in [1.82, 2.24) is 5.32 Å². The number of aliphatic hydroxyl groups is 1. The maximum Gasteiger partial charge on any atom is 0.268 e. The van der Waals surface area contributed by atoms with Crippen LogP contribution in [-0.4, -0.2) is 68.5 Å². The molecule has 0 aromatic heterocycles. The fraction of sp³-hybridized carbons (Fsp3) is 0.771. The number of nitrogens with zero attached hydrogens (tertiary/aromatic N) is 1. The van der Waals surface area contributed by atoms with Gasteiger partial charge in [0.25, 0.3) is 7.82 Å². The molecule has 57 heavy (non-hydrogen) atoms. The van der Waals surface area contributed by atoms with Crippen molar-refractivity contribution in [3.8, 4) is 0 Å². The fourth-order valence-corrected chi connectivity index (χ4v) is 6.96. The minimum atomic E-state index is -4.59. The molecule has 0 saturated carbocycles. The average Bonchev–Trinajstić information content (AvgIpc) is 3.16. The monoisotopic (exact) mass is 821 g/mol. The van der Waals surface area contributed by atoms with Crippen LogP contribution in [0.5, 0.6) is 0 Å². The second-order valence-corrected chi connectivity index (χ2v) is 18.2. The number of hydrogen-bond acceptors (Lipinski definition) is 6. The van der Waals surface area contributed by atoms with E-state index in [2.05, 4.69) is 67.8 Å². The number of carbonyl (C=O) groups is 1. The van der Waals surface area contributed by atoms with Gasteiger partial charge in [-0.3, -0.25) is 9.36 Å². The average molecular weight is 821 g/mol. The molecule has 0 aliphatic carbocycles. The molecule has 0 aromatic carbocycles. The summed E-state index contributed by atoms with van der Waals surface area (Å²) in [6.07, 6.45) is 51.4. The molecule has 0 aromatic rings. The number of aliphatic hydroxyl groups excluding tert-OH is 1. The summed E-state index contributed by atoms with van der Waals surface area (Å²) in [6, 6.07) is -0.905. The molecule has 0 rings (SSSR count). The number of hydrogen-bond donors (Lipinski definition) is 2. The SMILES string of the molecule is CCCCCC/C=C/CC/C=C/C(O)C(COP(=O)([O-])OCC[N+](C)(C)C)NC(=O)CCCCCCCCCCCC/C=C\C/C=C\C/C=C\CCCCCCC. The molecule has 0 radical (unpaired) electrons. The number of amides is 1. The minimum absolute atomic E-state index is 0.00965. The summed E-state index contributed by atoms with van der Waals surface area (Å²) in [6.45, 7) is 4.56. The first-order valence-electron chi connectivity index (χ1n) is 23.2. The molecule has 0 bridgehead atoms. The second kappa shape index (κ2) is 39.6. The van der Waals surface area contributed by atoms with Gasteiger partial charge < -0.3 is 28.8 Å². The molecular weight excluding hydrogens is 732 g/mol. The van der Waals surface area contributed by atoms with E-state index in [9.17, 15) is 19.4 Å². The molecule has 3 atom stereocenters. The highest BCUT2D eigenvalue weighted by molar-refractivity contribution is 7.45.